The van der Waals surface area contributed by atoms with Gasteiger partial charge in [-0.1, -0.05) is 12.1 Å². The molecule has 3 nitrogen and oxygen atoms in total. The minimum absolute atomic E-state index is 0.149. The smallest absolute Gasteiger partial charge is 0.257 e. The van der Waals surface area contributed by atoms with E-state index in [1.54, 1.807) is 12.1 Å². The molecule has 87 valence electrons. The summed E-state index contributed by atoms with van der Waals surface area (Å²) >= 11 is 1.48. The van der Waals surface area contributed by atoms with Gasteiger partial charge in [-0.2, -0.15) is 0 Å². The second kappa shape index (κ2) is 4.67. The number of nitrogens with one attached hydrogen (secondary N) is 1. The number of thiazole rings is 1. The Morgan fingerprint density at radius 2 is 2.18 bits per heavy atom. The summed E-state index contributed by atoms with van der Waals surface area (Å²) in [6, 6.07) is 7.18. The van der Waals surface area contributed by atoms with E-state index >= 15 is 0 Å². The highest BCUT2D eigenvalue weighted by Gasteiger charge is 2.09. The van der Waals surface area contributed by atoms with Gasteiger partial charge < -0.3 is 0 Å². The quantitative estimate of drug-likeness (QED) is 0.882. The minimum Gasteiger partial charge on any atom is -0.298 e. The van der Waals surface area contributed by atoms with Crippen molar-refractivity contribution in [2.45, 2.75) is 13.8 Å². The van der Waals surface area contributed by atoms with Crippen LogP contribution in [0.15, 0.2) is 24.3 Å². The van der Waals surface area contributed by atoms with Crippen LogP contribution in [0.2, 0.25) is 0 Å². The maximum atomic E-state index is 11.9. The monoisotopic (exact) mass is 245 g/mol. The van der Waals surface area contributed by atoms with Gasteiger partial charge in [0.05, 0.1) is 5.69 Å². The zero-order valence-electron chi connectivity index (χ0n) is 9.78. The number of nitrogens with zero attached hydrogens (tertiary/aromatic N) is 1. The number of aromatic nitrogens is 1. The lowest BCUT2D eigenvalue weighted by Gasteiger charge is -2.02. The zero-order chi connectivity index (χ0) is 12.4. The van der Waals surface area contributed by atoms with Crippen LogP contribution in [0.3, 0.4) is 0 Å². The molecule has 0 unspecified atom stereocenters. The van der Waals surface area contributed by atoms with E-state index in [1.807, 2.05) is 26.0 Å². The molecule has 0 aliphatic carbocycles. The maximum Gasteiger partial charge on any atom is 0.257 e. The molecule has 0 fully saturated rings. The first kappa shape index (κ1) is 11.8. The lowest BCUT2D eigenvalue weighted by molar-refractivity contribution is 0.102. The van der Waals surface area contributed by atoms with Gasteiger partial charge in [0.15, 0.2) is 5.13 Å². The Hall–Kier alpha value is -1.68. The molecule has 1 amide bonds. The van der Waals surface area contributed by atoms with E-state index in [2.05, 4.69) is 17.2 Å². The molecule has 0 saturated heterocycles. The average molecular weight is 245 g/mol. The third-order valence-corrected chi connectivity index (χ3v) is 3.43. The Kier molecular flexibility index (Phi) is 3.24. The third kappa shape index (κ3) is 2.71. The SMILES string of the molecule is [CH2]c1cccc(C(=O)Nc2nc(C)c(C)s2)c1. The lowest BCUT2D eigenvalue weighted by atomic mass is 10.1. The first-order chi connectivity index (χ1) is 8.06. The molecule has 1 heterocycles. The van der Waals surface area contributed by atoms with Gasteiger partial charge in [-0.3, -0.25) is 10.1 Å². The van der Waals surface area contributed by atoms with Crippen molar-refractivity contribution in [3.8, 4) is 0 Å². The summed E-state index contributed by atoms with van der Waals surface area (Å²) in [6.07, 6.45) is 0. The highest BCUT2D eigenvalue weighted by atomic mass is 32.1. The Balaban J connectivity index is 2.17. The molecule has 0 saturated carbocycles. The number of benzene rings is 1. The van der Waals surface area contributed by atoms with Crippen molar-refractivity contribution in [1.29, 1.82) is 0 Å². The molecule has 1 radical (unpaired) electrons. The van der Waals surface area contributed by atoms with Crippen LogP contribution < -0.4 is 5.32 Å². The Morgan fingerprint density at radius 3 is 2.76 bits per heavy atom. The minimum atomic E-state index is -0.149. The second-order valence-corrected chi connectivity index (χ2v) is 5.02. The number of carbonyl (C=O) groups excluding carboxylic acids is 1. The summed E-state index contributed by atoms with van der Waals surface area (Å²) < 4.78 is 0. The van der Waals surface area contributed by atoms with Gasteiger partial charge in [0.25, 0.3) is 5.91 Å². The number of amides is 1. The van der Waals surface area contributed by atoms with Crippen molar-refractivity contribution >= 4 is 22.4 Å². The average Bonchev–Trinajstić information content (AvgIpc) is 2.58. The molecule has 0 aliphatic rings. The van der Waals surface area contributed by atoms with Crippen molar-refractivity contribution < 1.29 is 4.79 Å². The fourth-order valence-electron chi connectivity index (χ4n) is 1.41. The van der Waals surface area contributed by atoms with Crippen molar-refractivity contribution in [2.75, 3.05) is 5.32 Å². The van der Waals surface area contributed by atoms with Crippen LogP contribution in [0.4, 0.5) is 5.13 Å². The summed E-state index contributed by atoms with van der Waals surface area (Å²) in [5, 5.41) is 3.43. The van der Waals surface area contributed by atoms with E-state index in [0.717, 1.165) is 16.1 Å². The molecular weight excluding hydrogens is 232 g/mol. The van der Waals surface area contributed by atoms with E-state index in [4.69, 9.17) is 0 Å². The standard InChI is InChI=1S/C13H13N2OS/c1-8-5-4-6-11(7-8)12(16)15-13-14-9(2)10(3)17-13/h4-7H,1H2,2-3H3,(H,14,15,16). The predicted molar refractivity (Wildman–Crippen MR) is 70.4 cm³/mol. The Morgan fingerprint density at radius 1 is 1.41 bits per heavy atom. The molecule has 0 bridgehead atoms. The Bertz CT molecular complexity index is 541. The van der Waals surface area contributed by atoms with Gasteiger partial charge >= 0.3 is 0 Å². The van der Waals surface area contributed by atoms with E-state index in [1.165, 1.54) is 11.3 Å². The van der Waals surface area contributed by atoms with E-state index in [-0.39, 0.29) is 5.91 Å². The summed E-state index contributed by atoms with van der Waals surface area (Å²) in [6.45, 7) is 7.71. The molecule has 2 rings (SSSR count). The van der Waals surface area contributed by atoms with Crippen molar-refractivity contribution in [1.82, 2.24) is 4.98 Å². The van der Waals surface area contributed by atoms with Crippen LogP contribution in [-0.2, 0) is 0 Å². The third-order valence-electron chi connectivity index (χ3n) is 2.44. The number of hydrogen-bond acceptors (Lipinski definition) is 3. The molecule has 2 aromatic rings. The summed E-state index contributed by atoms with van der Waals surface area (Å²) in [7, 11) is 0. The first-order valence-corrected chi connectivity index (χ1v) is 6.05. The molecule has 0 spiro atoms. The molecule has 4 heteroatoms. The van der Waals surface area contributed by atoms with Crippen molar-refractivity contribution in [3.63, 3.8) is 0 Å². The molecule has 0 aliphatic heterocycles. The van der Waals surface area contributed by atoms with E-state index in [0.29, 0.717) is 10.7 Å². The van der Waals surface area contributed by atoms with Gasteiger partial charge in [0.1, 0.15) is 0 Å². The molecule has 17 heavy (non-hydrogen) atoms. The largest absolute Gasteiger partial charge is 0.298 e. The number of carbonyl (C=O) groups is 1. The molecule has 1 aromatic heterocycles. The van der Waals surface area contributed by atoms with Crippen molar-refractivity contribution in [2.24, 2.45) is 0 Å². The maximum absolute atomic E-state index is 11.9. The molecule has 1 aromatic carbocycles. The van der Waals surface area contributed by atoms with Crippen LogP contribution in [0.1, 0.15) is 26.5 Å². The topological polar surface area (TPSA) is 42.0 Å². The zero-order valence-corrected chi connectivity index (χ0v) is 10.6. The van der Waals surface area contributed by atoms with E-state index < -0.39 is 0 Å². The number of aryl methyl sites for hydroxylation is 2. The molecule has 0 atom stereocenters. The van der Waals surface area contributed by atoms with Crippen molar-refractivity contribution in [3.05, 3.63) is 52.9 Å². The first-order valence-electron chi connectivity index (χ1n) is 5.23. The normalized spacial score (nSPS) is 10.3. The van der Waals surface area contributed by atoms with Crippen LogP contribution in [0, 0.1) is 20.8 Å². The number of anilines is 1. The highest BCUT2D eigenvalue weighted by Crippen LogP contribution is 2.21. The number of hydrogen-bond donors (Lipinski definition) is 1. The number of rotatable bonds is 2. The summed E-state index contributed by atoms with van der Waals surface area (Å²) in [5.74, 6) is -0.149. The van der Waals surface area contributed by atoms with Gasteiger partial charge in [-0.15, -0.1) is 11.3 Å². The van der Waals surface area contributed by atoms with Gasteiger partial charge in [-0.25, -0.2) is 4.98 Å². The fraction of sp³-hybridized carbons (Fsp3) is 0.154. The van der Waals surface area contributed by atoms with Gasteiger partial charge in [0, 0.05) is 10.4 Å². The fourth-order valence-corrected chi connectivity index (χ4v) is 2.22. The Labute approximate surface area is 105 Å². The highest BCUT2D eigenvalue weighted by molar-refractivity contribution is 7.15. The summed E-state index contributed by atoms with van der Waals surface area (Å²) in [4.78, 5) is 17.3. The molecular formula is C13H13N2OS. The van der Waals surface area contributed by atoms with Gasteiger partial charge in [0.2, 0.25) is 0 Å². The lowest BCUT2D eigenvalue weighted by Crippen LogP contribution is -2.11. The van der Waals surface area contributed by atoms with Crippen LogP contribution in [-0.4, -0.2) is 10.9 Å². The van der Waals surface area contributed by atoms with Crippen LogP contribution in [0.25, 0.3) is 0 Å². The second-order valence-electron chi connectivity index (χ2n) is 3.82. The van der Waals surface area contributed by atoms with Crippen LogP contribution >= 0.6 is 11.3 Å². The summed E-state index contributed by atoms with van der Waals surface area (Å²) in [5.41, 5.74) is 2.38. The van der Waals surface area contributed by atoms with E-state index in [9.17, 15) is 4.79 Å². The van der Waals surface area contributed by atoms with Gasteiger partial charge in [-0.05, 0) is 38.5 Å². The molecule has 1 N–H and O–H groups in total. The van der Waals surface area contributed by atoms with Crippen LogP contribution in [0.5, 0.6) is 0 Å². The predicted octanol–water partition coefficient (Wildman–Crippen LogP) is 3.19.